The van der Waals surface area contributed by atoms with Crippen LogP contribution in [0.5, 0.6) is 0 Å². The van der Waals surface area contributed by atoms with Gasteiger partial charge in [-0.15, -0.1) is 0 Å². The van der Waals surface area contributed by atoms with E-state index in [9.17, 15) is 19.8 Å². The van der Waals surface area contributed by atoms with E-state index in [1.165, 1.54) is 0 Å². The molecule has 8 heteroatoms. The smallest absolute Gasteiger partial charge is 0.336 e. The van der Waals surface area contributed by atoms with Crippen molar-refractivity contribution in [3.8, 4) is 0 Å². The number of aliphatic hydroxyl groups excluding tert-OH is 1. The maximum absolute atomic E-state index is 11.7. The van der Waals surface area contributed by atoms with Crippen molar-refractivity contribution in [2.75, 3.05) is 27.2 Å². The number of hydrogen-bond donors (Lipinski definition) is 3. The Bertz CT molecular complexity index is 975. The highest BCUT2D eigenvalue weighted by Crippen LogP contribution is 2.39. The number of fused-ring (bicyclic) bond motifs is 1. The lowest BCUT2D eigenvalue weighted by molar-refractivity contribution is -0.185. The van der Waals surface area contributed by atoms with Crippen LogP contribution in [0.1, 0.15) is 29.3 Å². The third-order valence-electron chi connectivity index (χ3n) is 5.28. The van der Waals surface area contributed by atoms with Gasteiger partial charge in [-0.2, -0.15) is 0 Å². The normalized spacial score (nSPS) is 17.4. The molecule has 0 bridgehead atoms. The number of aliphatic carboxylic acids is 2. The Kier molecular flexibility index (Phi) is 7.63. The molecular formula is C24H28N2O6. The van der Waals surface area contributed by atoms with Gasteiger partial charge < -0.3 is 29.9 Å². The van der Waals surface area contributed by atoms with E-state index < -0.39 is 30.4 Å². The molecule has 1 aliphatic rings. The van der Waals surface area contributed by atoms with E-state index in [1.54, 1.807) is 0 Å². The molecule has 0 amide bonds. The number of ether oxygens (including phenoxy) is 1. The van der Waals surface area contributed by atoms with Gasteiger partial charge in [0, 0.05) is 23.9 Å². The second-order valence-corrected chi connectivity index (χ2v) is 7.92. The minimum atomic E-state index is -2.19. The van der Waals surface area contributed by atoms with Gasteiger partial charge in [-0.1, -0.05) is 54.6 Å². The molecule has 1 heterocycles. The largest absolute Gasteiger partial charge is 0.479 e. The second kappa shape index (κ2) is 10.4. The van der Waals surface area contributed by atoms with E-state index in [-0.39, 0.29) is 0 Å². The minimum absolute atomic E-state index is 0.545. The summed E-state index contributed by atoms with van der Waals surface area (Å²) in [5, 5.41) is 28.7. The Morgan fingerprint density at radius 1 is 1.03 bits per heavy atom. The molecule has 0 saturated carbocycles. The van der Waals surface area contributed by atoms with E-state index >= 15 is 0 Å². The number of hydrogen-bond acceptors (Lipinski definition) is 6. The number of rotatable bonds is 10. The average molecular weight is 440 g/mol. The maximum atomic E-state index is 11.7. The fourth-order valence-corrected chi connectivity index (χ4v) is 3.73. The summed E-state index contributed by atoms with van der Waals surface area (Å²) in [6.45, 7) is 1.35. The molecule has 0 aliphatic carbocycles. The Balaban J connectivity index is 2.04. The first kappa shape index (κ1) is 23.5. The number of carbonyl (C=O) groups is 2. The van der Waals surface area contributed by atoms with Gasteiger partial charge in [-0.25, -0.2) is 9.59 Å². The summed E-state index contributed by atoms with van der Waals surface area (Å²) in [5.74, 6) is -3.19. The highest BCUT2D eigenvalue weighted by molar-refractivity contribution is 5.84. The number of nitrogens with zero attached hydrogens (tertiary/aromatic N) is 2. The lowest BCUT2D eigenvalue weighted by Crippen LogP contribution is -2.45. The van der Waals surface area contributed by atoms with Crippen LogP contribution in [0.15, 0.2) is 60.8 Å². The van der Waals surface area contributed by atoms with Crippen molar-refractivity contribution in [1.82, 2.24) is 9.80 Å². The van der Waals surface area contributed by atoms with Crippen molar-refractivity contribution < 1.29 is 29.6 Å². The van der Waals surface area contributed by atoms with Crippen LogP contribution >= 0.6 is 0 Å². The molecule has 3 atom stereocenters. The van der Waals surface area contributed by atoms with E-state index in [0.29, 0.717) is 12.1 Å². The SMILES string of the molecule is CN(C)CCCN1C=C(c2ccccc2)c2ccccc2C1OC(C(=O)O)C(O)C(=O)O. The Hall–Kier alpha value is -3.20. The van der Waals surface area contributed by atoms with Gasteiger partial charge >= 0.3 is 11.9 Å². The molecule has 0 radical (unpaired) electrons. The van der Waals surface area contributed by atoms with Crippen LogP contribution < -0.4 is 0 Å². The van der Waals surface area contributed by atoms with Gasteiger partial charge in [-0.3, -0.25) is 0 Å². The molecule has 0 fully saturated rings. The molecule has 0 saturated heterocycles. The number of benzene rings is 2. The van der Waals surface area contributed by atoms with Crippen molar-refractivity contribution in [2.45, 2.75) is 24.9 Å². The summed E-state index contributed by atoms with van der Waals surface area (Å²) in [4.78, 5) is 26.9. The zero-order valence-corrected chi connectivity index (χ0v) is 18.1. The number of carboxylic acids is 2. The maximum Gasteiger partial charge on any atom is 0.336 e. The lowest BCUT2D eigenvalue weighted by atomic mass is 9.90. The molecule has 3 N–H and O–H groups in total. The lowest BCUT2D eigenvalue weighted by Gasteiger charge is -2.38. The monoisotopic (exact) mass is 440 g/mol. The van der Waals surface area contributed by atoms with Gasteiger partial charge in [-0.05, 0) is 38.2 Å². The van der Waals surface area contributed by atoms with E-state index in [4.69, 9.17) is 9.84 Å². The highest BCUT2D eigenvalue weighted by atomic mass is 16.6. The minimum Gasteiger partial charge on any atom is -0.479 e. The molecule has 32 heavy (non-hydrogen) atoms. The molecule has 0 aromatic heterocycles. The fraction of sp³-hybridized carbons (Fsp3) is 0.333. The Morgan fingerprint density at radius 3 is 2.31 bits per heavy atom. The first-order valence-electron chi connectivity index (χ1n) is 10.4. The van der Waals surface area contributed by atoms with Crippen LogP contribution in [0.25, 0.3) is 5.57 Å². The quantitative estimate of drug-likeness (QED) is 0.516. The van der Waals surface area contributed by atoms with Crippen LogP contribution in [-0.2, 0) is 14.3 Å². The van der Waals surface area contributed by atoms with E-state index in [0.717, 1.165) is 29.7 Å². The molecule has 3 unspecified atom stereocenters. The Morgan fingerprint density at radius 2 is 1.69 bits per heavy atom. The third kappa shape index (κ3) is 5.34. The summed E-state index contributed by atoms with van der Waals surface area (Å²) < 4.78 is 5.79. The molecular weight excluding hydrogens is 412 g/mol. The second-order valence-electron chi connectivity index (χ2n) is 7.92. The predicted octanol–water partition coefficient (Wildman–Crippen LogP) is 2.26. The molecule has 3 rings (SSSR count). The van der Waals surface area contributed by atoms with Crippen molar-refractivity contribution in [3.63, 3.8) is 0 Å². The standard InChI is InChI=1S/C24H28N2O6/c1-25(2)13-8-14-26-15-19(16-9-4-3-5-10-16)17-11-6-7-12-18(17)22(26)32-21(24(30)31)20(27)23(28)29/h3-7,9-12,15,20-22,27H,8,13-14H2,1-2H3,(H,28,29)(H,30,31). The van der Waals surface area contributed by atoms with Gasteiger partial charge in [0.2, 0.25) is 0 Å². The van der Waals surface area contributed by atoms with Crippen LogP contribution in [0, 0.1) is 0 Å². The molecule has 170 valence electrons. The van der Waals surface area contributed by atoms with Crippen LogP contribution in [0.4, 0.5) is 0 Å². The summed E-state index contributed by atoms with van der Waals surface area (Å²) in [6.07, 6.45) is -2.29. The average Bonchev–Trinajstić information content (AvgIpc) is 2.77. The van der Waals surface area contributed by atoms with Gasteiger partial charge in [0.25, 0.3) is 0 Å². The van der Waals surface area contributed by atoms with Crippen molar-refractivity contribution >= 4 is 17.5 Å². The zero-order chi connectivity index (χ0) is 23.3. The van der Waals surface area contributed by atoms with Crippen molar-refractivity contribution in [3.05, 3.63) is 77.5 Å². The third-order valence-corrected chi connectivity index (χ3v) is 5.28. The fourth-order valence-electron chi connectivity index (χ4n) is 3.73. The molecule has 0 spiro atoms. The van der Waals surface area contributed by atoms with E-state index in [1.807, 2.05) is 84.7 Å². The number of aliphatic hydroxyl groups is 1. The van der Waals surface area contributed by atoms with Crippen LogP contribution in [0.2, 0.25) is 0 Å². The predicted molar refractivity (Wildman–Crippen MR) is 119 cm³/mol. The summed E-state index contributed by atoms with van der Waals surface area (Å²) in [5.41, 5.74) is 3.52. The highest BCUT2D eigenvalue weighted by Gasteiger charge is 2.38. The number of carboxylic acid groups (broad SMARTS) is 2. The van der Waals surface area contributed by atoms with Crippen LogP contribution in [0.3, 0.4) is 0 Å². The van der Waals surface area contributed by atoms with Crippen molar-refractivity contribution in [1.29, 1.82) is 0 Å². The summed E-state index contributed by atoms with van der Waals surface area (Å²) in [7, 11) is 3.93. The molecule has 2 aromatic rings. The van der Waals surface area contributed by atoms with Gasteiger partial charge in [0.15, 0.2) is 18.4 Å². The van der Waals surface area contributed by atoms with Gasteiger partial charge in [0.05, 0.1) is 0 Å². The summed E-state index contributed by atoms with van der Waals surface area (Å²) >= 11 is 0. The van der Waals surface area contributed by atoms with Crippen LogP contribution in [-0.4, -0.2) is 76.5 Å². The zero-order valence-electron chi connectivity index (χ0n) is 18.1. The molecule has 1 aliphatic heterocycles. The van der Waals surface area contributed by atoms with E-state index in [2.05, 4.69) is 0 Å². The Labute approximate surface area is 187 Å². The first-order chi connectivity index (χ1) is 15.3. The molecule has 8 nitrogen and oxygen atoms in total. The molecule has 2 aromatic carbocycles. The van der Waals surface area contributed by atoms with Gasteiger partial charge in [0.1, 0.15) is 0 Å². The summed E-state index contributed by atoms with van der Waals surface area (Å²) in [6, 6.07) is 17.3. The topological polar surface area (TPSA) is 111 Å². The van der Waals surface area contributed by atoms with Crippen molar-refractivity contribution in [2.24, 2.45) is 0 Å². The first-order valence-corrected chi connectivity index (χ1v) is 10.4.